The van der Waals surface area contributed by atoms with Gasteiger partial charge in [0.05, 0.1) is 14.2 Å². The minimum absolute atomic E-state index is 0.214. The van der Waals surface area contributed by atoms with Crippen molar-refractivity contribution in [2.45, 2.75) is 38.9 Å². The monoisotopic (exact) mass is 604 g/mol. The Labute approximate surface area is 253 Å². The minimum atomic E-state index is -1.16. The molecule has 2 amide bonds. The number of carbonyl (C=O) groups is 2. The third-order valence-electron chi connectivity index (χ3n) is 6.63. The molecule has 0 saturated heterocycles. The van der Waals surface area contributed by atoms with Gasteiger partial charge in [-0.05, 0) is 80.1 Å². The van der Waals surface area contributed by atoms with E-state index < -0.39 is 29.2 Å². The molecule has 13 heteroatoms. The van der Waals surface area contributed by atoms with Crippen LogP contribution in [-0.4, -0.2) is 65.0 Å². The standard InChI is InChI=1S/C31H33FN6O6/c1-31(2,3)33-30(40)28(20-8-12-23(41-4)25(16-20)42-5)38(22-11-13-24-26(17-22)44-15-14-43-24)27(39)18-37-35-29(34-36-37)19-6-9-21(32)10-7-19/h6-13,16-17,28H,14-15,18H2,1-5H3,(H,33,40)/t28-/m1/s1. The summed E-state index contributed by atoms with van der Waals surface area (Å²) < 4.78 is 35.8. The van der Waals surface area contributed by atoms with Crippen LogP contribution in [0.25, 0.3) is 11.4 Å². The van der Waals surface area contributed by atoms with Crippen LogP contribution in [-0.2, 0) is 16.1 Å². The van der Waals surface area contributed by atoms with E-state index >= 15 is 0 Å². The van der Waals surface area contributed by atoms with Crippen LogP contribution >= 0.6 is 0 Å². The number of hydrogen-bond donors (Lipinski definition) is 1. The highest BCUT2D eigenvalue weighted by Gasteiger charge is 2.36. The minimum Gasteiger partial charge on any atom is -0.493 e. The maximum Gasteiger partial charge on any atom is 0.251 e. The molecule has 4 aromatic rings. The predicted octanol–water partition coefficient (Wildman–Crippen LogP) is 3.96. The first-order chi connectivity index (χ1) is 21.1. The molecule has 44 heavy (non-hydrogen) atoms. The number of ether oxygens (including phenoxy) is 4. The summed E-state index contributed by atoms with van der Waals surface area (Å²) in [5.74, 6) is 0.660. The predicted molar refractivity (Wildman–Crippen MR) is 158 cm³/mol. The Hall–Kier alpha value is -5.20. The Bertz CT molecular complexity index is 1650. The van der Waals surface area contributed by atoms with Gasteiger partial charge < -0.3 is 24.3 Å². The van der Waals surface area contributed by atoms with Crippen LogP contribution < -0.4 is 29.2 Å². The Morgan fingerprint density at radius 1 is 0.977 bits per heavy atom. The number of halogens is 1. The molecule has 0 fully saturated rings. The van der Waals surface area contributed by atoms with Crippen LogP contribution in [0.3, 0.4) is 0 Å². The van der Waals surface area contributed by atoms with Crippen molar-refractivity contribution in [2.75, 3.05) is 32.3 Å². The zero-order valence-electron chi connectivity index (χ0n) is 25.0. The first-order valence-electron chi connectivity index (χ1n) is 13.9. The third-order valence-corrected chi connectivity index (χ3v) is 6.63. The van der Waals surface area contributed by atoms with Gasteiger partial charge in [-0.3, -0.25) is 14.5 Å². The number of rotatable bonds is 9. The molecule has 1 aromatic heterocycles. The average molecular weight is 605 g/mol. The molecular formula is C31H33FN6O6. The van der Waals surface area contributed by atoms with E-state index in [1.165, 1.54) is 43.4 Å². The Balaban J connectivity index is 1.59. The second-order valence-electron chi connectivity index (χ2n) is 11.0. The van der Waals surface area contributed by atoms with Crippen molar-refractivity contribution in [3.05, 3.63) is 72.0 Å². The topological polar surface area (TPSA) is 130 Å². The Morgan fingerprint density at radius 3 is 2.36 bits per heavy atom. The number of tetrazole rings is 1. The molecule has 0 aliphatic carbocycles. The van der Waals surface area contributed by atoms with Crippen molar-refractivity contribution >= 4 is 17.5 Å². The maximum absolute atomic E-state index is 14.3. The number of amides is 2. The summed E-state index contributed by atoms with van der Waals surface area (Å²) in [6.45, 7) is 5.92. The molecular weight excluding hydrogens is 571 g/mol. The van der Waals surface area contributed by atoms with Gasteiger partial charge in [0.1, 0.15) is 31.6 Å². The highest BCUT2D eigenvalue weighted by molar-refractivity contribution is 6.01. The molecule has 1 aliphatic rings. The van der Waals surface area contributed by atoms with E-state index in [0.717, 1.165) is 4.80 Å². The molecule has 1 aliphatic heterocycles. The Morgan fingerprint density at radius 2 is 1.68 bits per heavy atom. The number of fused-ring (bicyclic) bond motifs is 1. The van der Waals surface area contributed by atoms with Gasteiger partial charge in [-0.1, -0.05) is 6.07 Å². The molecule has 0 spiro atoms. The molecule has 0 unspecified atom stereocenters. The van der Waals surface area contributed by atoms with Gasteiger partial charge in [0, 0.05) is 22.9 Å². The van der Waals surface area contributed by atoms with Crippen LogP contribution in [0.5, 0.6) is 23.0 Å². The number of benzene rings is 3. The average Bonchev–Trinajstić information content (AvgIpc) is 3.46. The lowest BCUT2D eigenvalue weighted by Gasteiger charge is -2.34. The number of hydrogen-bond acceptors (Lipinski definition) is 9. The van der Waals surface area contributed by atoms with Gasteiger partial charge in [-0.25, -0.2) is 4.39 Å². The fourth-order valence-electron chi connectivity index (χ4n) is 4.72. The molecule has 0 bridgehead atoms. The fourth-order valence-corrected chi connectivity index (χ4v) is 4.72. The first-order valence-corrected chi connectivity index (χ1v) is 13.9. The quantitative estimate of drug-likeness (QED) is 0.302. The van der Waals surface area contributed by atoms with Crippen LogP contribution in [0.1, 0.15) is 32.4 Å². The lowest BCUT2D eigenvalue weighted by atomic mass is 10.00. The van der Waals surface area contributed by atoms with Crippen molar-refractivity contribution in [3.63, 3.8) is 0 Å². The second kappa shape index (κ2) is 12.6. The van der Waals surface area contributed by atoms with E-state index in [-0.39, 0.29) is 12.4 Å². The molecule has 2 heterocycles. The number of carbonyl (C=O) groups excluding carboxylic acids is 2. The van der Waals surface area contributed by atoms with Crippen molar-refractivity contribution in [3.8, 4) is 34.4 Å². The summed E-state index contributed by atoms with van der Waals surface area (Å²) >= 11 is 0. The number of nitrogens with one attached hydrogen (secondary N) is 1. The SMILES string of the molecule is COc1ccc([C@H](C(=O)NC(C)(C)C)N(C(=O)Cn2nnc(-c3ccc(F)cc3)n2)c2ccc3c(c2)OCCO3)cc1OC. The van der Waals surface area contributed by atoms with Crippen molar-refractivity contribution < 1.29 is 32.9 Å². The largest absolute Gasteiger partial charge is 0.493 e. The summed E-state index contributed by atoms with van der Waals surface area (Å²) in [5, 5.41) is 15.4. The van der Waals surface area contributed by atoms with E-state index in [1.54, 1.807) is 36.4 Å². The molecule has 5 rings (SSSR count). The molecule has 230 valence electrons. The molecule has 1 atom stereocenters. The number of nitrogens with zero attached hydrogens (tertiary/aromatic N) is 5. The zero-order chi connectivity index (χ0) is 31.4. The van der Waals surface area contributed by atoms with Crippen molar-refractivity contribution in [2.24, 2.45) is 0 Å². The smallest absolute Gasteiger partial charge is 0.251 e. The van der Waals surface area contributed by atoms with Crippen molar-refractivity contribution in [1.82, 2.24) is 25.5 Å². The molecule has 0 saturated carbocycles. The van der Waals surface area contributed by atoms with Gasteiger partial charge in [0.2, 0.25) is 11.7 Å². The fraction of sp³-hybridized carbons (Fsp3) is 0.323. The van der Waals surface area contributed by atoms with E-state index in [9.17, 15) is 14.0 Å². The normalized spacial score (nSPS) is 13.1. The van der Waals surface area contributed by atoms with Gasteiger partial charge in [-0.2, -0.15) is 4.80 Å². The Kier molecular flexibility index (Phi) is 8.65. The van der Waals surface area contributed by atoms with E-state index in [2.05, 4.69) is 20.7 Å². The third kappa shape index (κ3) is 6.72. The van der Waals surface area contributed by atoms with Crippen molar-refractivity contribution in [1.29, 1.82) is 0 Å². The lowest BCUT2D eigenvalue weighted by molar-refractivity contribution is -0.128. The molecule has 3 aromatic carbocycles. The van der Waals surface area contributed by atoms with Gasteiger partial charge >= 0.3 is 0 Å². The van der Waals surface area contributed by atoms with Crippen LogP contribution in [0, 0.1) is 5.82 Å². The summed E-state index contributed by atoms with van der Waals surface area (Å²) in [5.41, 5.74) is 0.750. The summed E-state index contributed by atoms with van der Waals surface area (Å²) in [6, 6.07) is 14.5. The number of methoxy groups -OCH3 is 2. The highest BCUT2D eigenvalue weighted by Crippen LogP contribution is 2.39. The van der Waals surface area contributed by atoms with Gasteiger partial charge in [0.25, 0.3) is 5.91 Å². The lowest BCUT2D eigenvalue weighted by Crippen LogP contribution is -2.50. The number of anilines is 1. The highest BCUT2D eigenvalue weighted by atomic mass is 19.1. The van der Waals surface area contributed by atoms with E-state index in [4.69, 9.17) is 18.9 Å². The van der Waals surface area contributed by atoms with Crippen LogP contribution in [0.15, 0.2) is 60.7 Å². The molecule has 0 radical (unpaired) electrons. The van der Waals surface area contributed by atoms with E-state index in [1.807, 2.05) is 20.8 Å². The van der Waals surface area contributed by atoms with E-state index in [0.29, 0.717) is 53.0 Å². The molecule has 1 N–H and O–H groups in total. The van der Waals surface area contributed by atoms with Crippen LogP contribution in [0.2, 0.25) is 0 Å². The second-order valence-corrected chi connectivity index (χ2v) is 11.0. The first kappa shape index (κ1) is 30.3. The zero-order valence-corrected chi connectivity index (χ0v) is 25.0. The molecule has 12 nitrogen and oxygen atoms in total. The summed E-state index contributed by atoms with van der Waals surface area (Å²) in [7, 11) is 3.00. The van der Waals surface area contributed by atoms with Gasteiger partial charge in [0.15, 0.2) is 23.0 Å². The maximum atomic E-state index is 14.3. The number of aromatic nitrogens is 4. The van der Waals surface area contributed by atoms with Crippen LogP contribution in [0.4, 0.5) is 10.1 Å². The summed E-state index contributed by atoms with van der Waals surface area (Å²) in [6.07, 6.45) is 0. The van der Waals surface area contributed by atoms with Gasteiger partial charge in [-0.15, -0.1) is 10.2 Å². The summed E-state index contributed by atoms with van der Waals surface area (Å²) in [4.78, 5) is 30.8.